The Morgan fingerprint density at radius 3 is 2.72 bits per heavy atom. The van der Waals surface area contributed by atoms with Gasteiger partial charge in [0.05, 0.1) is 5.39 Å². The molecule has 1 saturated heterocycles. The van der Waals surface area contributed by atoms with Crippen molar-refractivity contribution in [2.24, 2.45) is 5.92 Å². The molecule has 1 aromatic carbocycles. The largest absolute Gasteiger partial charge is 0.356 e. The Kier molecular flexibility index (Phi) is 4.74. The first kappa shape index (κ1) is 18.6. The lowest BCUT2D eigenvalue weighted by Gasteiger charge is -2.37. The van der Waals surface area contributed by atoms with Crippen molar-refractivity contribution in [2.45, 2.75) is 39.5 Å². The zero-order valence-corrected chi connectivity index (χ0v) is 17.8. The van der Waals surface area contributed by atoms with E-state index in [9.17, 15) is 4.79 Å². The maximum absolute atomic E-state index is 13.3. The number of fused-ring (bicyclic) bond motifs is 2. The molecule has 2 aliphatic rings. The molecule has 0 saturated carbocycles. The number of para-hydroxylation sites is 1. The predicted octanol–water partition coefficient (Wildman–Crippen LogP) is 4.50. The van der Waals surface area contributed by atoms with E-state index in [-0.39, 0.29) is 5.92 Å². The number of aryl methyl sites for hydroxylation is 3. The number of carbonyl (C=O) groups excluding carboxylic acids is 1. The summed E-state index contributed by atoms with van der Waals surface area (Å²) >= 11 is 1.74. The fraction of sp³-hybridized carbons (Fsp3) is 0.435. The summed E-state index contributed by atoms with van der Waals surface area (Å²) in [7, 11) is 0. The van der Waals surface area contributed by atoms with Gasteiger partial charge in [-0.15, -0.1) is 11.3 Å². The van der Waals surface area contributed by atoms with Crippen LogP contribution in [0.5, 0.6) is 0 Å². The van der Waals surface area contributed by atoms with Gasteiger partial charge in [0.1, 0.15) is 17.0 Å². The van der Waals surface area contributed by atoms with E-state index in [4.69, 9.17) is 0 Å². The highest BCUT2D eigenvalue weighted by Gasteiger charge is 2.32. The lowest BCUT2D eigenvalue weighted by atomic mass is 9.93. The van der Waals surface area contributed by atoms with Gasteiger partial charge in [0.2, 0.25) is 5.91 Å². The van der Waals surface area contributed by atoms with Crippen molar-refractivity contribution >= 4 is 39.0 Å². The minimum absolute atomic E-state index is 0.0973. The van der Waals surface area contributed by atoms with Crippen LogP contribution in [0, 0.1) is 19.8 Å². The van der Waals surface area contributed by atoms with Crippen LogP contribution in [0.2, 0.25) is 0 Å². The summed E-state index contributed by atoms with van der Waals surface area (Å²) in [5.41, 5.74) is 3.70. The van der Waals surface area contributed by atoms with Crippen LogP contribution in [0.4, 0.5) is 11.5 Å². The van der Waals surface area contributed by atoms with E-state index in [1.54, 1.807) is 17.7 Å². The molecule has 0 N–H and O–H groups in total. The number of hydrogen-bond donors (Lipinski definition) is 0. The Balaban J connectivity index is 1.33. The van der Waals surface area contributed by atoms with Gasteiger partial charge in [-0.3, -0.25) is 4.79 Å². The van der Waals surface area contributed by atoms with Crippen LogP contribution in [0.3, 0.4) is 0 Å². The average molecular weight is 407 g/mol. The van der Waals surface area contributed by atoms with E-state index in [0.29, 0.717) is 5.91 Å². The summed E-state index contributed by atoms with van der Waals surface area (Å²) in [6.07, 6.45) is 5.56. The van der Waals surface area contributed by atoms with Crippen molar-refractivity contribution in [1.29, 1.82) is 0 Å². The number of piperidine rings is 1. The molecule has 0 atom stereocenters. The van der Waals surface area contributed by atoms with E-state index >= 15 is 0 Å². The van der Waals surface area contributed by atoms with Crippen molar-refractivity contribution in [1.82, 2.24) is 9.97 Å². The van der Waals surface area contributed by atoms with Crippen molar-refractivity contribution in [2.75, 3.05) is 29.4 Å². The molecule has 1 fully saturated rings. The van der Waals surface area contributed by atoms with Crippen LogP contribution in [-0.2, 0) is 11.2 Å². The second-order valence-corrected chi connectivity index (χ2v) is 9.35. The monoisotopic (exact) mass is 406 g/mol. The zero-order valence-electron chi connectivity index (χ0n) is 17.0. The Morgan fingerprint density at radius 1 is 1.10 bits per heavy atom. The molecule has 4 heterocycles. The number of amides is 1. The molecule has 29 heavy (non-hydrogen) atoms. The number of rotatable bonds is 2. The Bertz CT molecular complexity index is 1070. The maximum atomic E-state index is 13.3. The number of carbonyl (C=O) groups is 1. The number of thiophene rings is 1. The highest BCUT2D eigenvalue weighted by Crippen LogP contribution is 2.36. The van der Waals surface area contributed by atoms with E-state index in [2.05, 4.69) is 46.9 Å². The van der Waals surface area contributed by atoms with Gasteiger partial charge in [0.25, 0.3) is 0 Å². The number of aromatic nitrogens is 2. The Labute approximate surface area is 175 Å². The fourth-order valence-electron chi connectivity index (χ4n) is 4.72. The van der Waals surface area contributed by atoms with Crippen molar-refractivity contribution in [3.63, 3.8) is 0 Å². The van der Waals surface area contributed by atoms with Gasteiger partial charge in [-0.1, -0.05) is 18.2 Å². The molecule has 2 aromatic heterocycles. The van der Waals surface area contributed by atoms with Crippen molar-refractivity contribution < 1.29 is 4.79 Å². The molecule has 0 aliphatic carbocycles. The number of anilines is 2. The summed E-state index contributed by atoms with van der Waals surface area (Å²) in [5.74, 6) is 1.43. The van der Waals surface area contributed by atoms with Gasteiger partial charge in [0.15, 0.2) is 0 Å². The maximum Gasteiger partial charge on any atom is 0.230 e. The Morgan fingerprint density at radius 2 is 1.90 bits per heavy atom. The molecule has 5 rings (SSSR count). The summed E-state index contributed by atoms with van der Waals surface area (Å²) in [6.45, 7) is 6.88. The molecular formula is C23H26N4OS. The summed E-state index contributed by atoms with van der Waals surface area (Å²) < 4.78 is 0. The average Bonchev–Trinajstić information content (AvgIpc) is 3.07. The normalized spacial score (nSPS) is 17.6. The molecule has 2 aliphatic heterocycles. The molecule has 0 spiro atoms. The van der Waals surface area contributed by atoms with E-state index in [1.807, 2.05) is 11.0 Å². The first-order valence-corrected chi connectivity index (χ1v) is 11.3. The quantitative estimate of drug-likeness (QED) is 0.629. The second kappa shape index (κ2) is 7.41. The van der Waals surface area contributed by atoms with Crippen LogP contribution < -0.4 is 9.80 Å². The van der Waals surface area contributed by atoms with Crippen LogP contribution >= 0.6 is 11.3 Å². The van der Waals surface area contributed by atoms with Gasteiger partial charge >= 0.3 is 0 Å². The number of benzene rings is 1. The molecule has 6 heteroatoms. The van der Waals surface area contributed by atoms with Crippen LogP contribution in [0.25, 0.3) is 10.2 Å². The first-order chi connectivity index (χ1) is 14.1. The third-order valence-corrected chi connectivity index (χ3v) is 7.58. The van der Waals surface area contributed by atoms with Gasteiger partial charge < -0.3 is 9.80 Å². The van der Waals surface area contributed by atoms with Crippen molar-refractivity contribution in [3.05, 3.63) is 46.6 Å². The molecule has 5 nitrogen and oxygen atoms in total. The highest BCUT2D eigenvalue weighted by atomic mass is 32.1. The smallest absolute Gasteiger partial charge is 0.230 e. The Hall–Kier alpha value is -2.47. The molecule has 0 radical (unpaired) electrons. The van der Waals surface area contributed by atoms with E-state index in [0.717, 1.165) is 61.7 Å². The van der Waals surface area contributed by atoms with Gasteiger partial charge in [0, 0.05) is 36.1 Å². The minimum atomic E-state index is 0.0973. The zero-order chi connectivity index (χ0) is 20.0. The SMILES string of the molecule is Cc1sc2ncnc(N3CCC(C(=O)N4CCCc5ccccc54)CC3)c2c1C. The van der Waals surface area contributed by atoms with Gasteiger partial charge in [-0.2, -0.15) is 0 Å². The third-order valence-electron chi connectivity index (χ3n) is 6.47. The van der Waals surface area contributed by atoms with Crippen LogP contribution in [0.1, 0.15) is 35.3 Å². The predicted molar refractivity (Wildman–Crippen MR) is 119 cm³/mol. The number of nitrogens with zero attached hydrogens (tertiary/aromatic N) is 4. The lowest BCUT2D eigenvalue weighted by molar-refractivity contribution is -0.123. The summed E-state index contributed by atoms with van der Waals surface area (Å²) in [4.78, 5) is 29.1. The molecule has 3 aromatic rings. The van der Waals surface area contributed by atoms with Crippen LogP contribution in [-0.4, -0.2) is 35.5 Å². The molecule has 1 amide bonds. The third kappa shape index (κ3) is 3.19. The van der Waals surface area contributed by atoms with Gasteiger partial charge in [-0.05, 0) is 56.7 Å². The molecule has 0 unspecified atom stereocenters. The van der Waals surface area contributed by atoms with E-state index in [1.165, 1.54) is 21.4 Å². The highest BCUT2D eigenvalue weighted by molar-refractivity contribution is 7.18. The molecule has 0 bridgehead atoms. The topological polar surface area (TPSA) is 49.3 Å². The van der Waals surface area contributed by atoms with Gasteiger partial charge in [-0.25, -0.2) is 9.97 Å². The fourth-order valence-corrected chi connectivity index (χ4v) is 5.72. The standard InChI is InChI=1S/C23H26N4OS/c1-15-16(2)29-22-20(15)21(24-14-25-22)26-12-9-18(10-13-26)23(28)27-11-5-7-17-6-3-4-8-19(17)27/h3-4,6,8,14,18H,5,7,9-13H2,1-2H3. The minimum Gasteiger partial charge on any atom is -0.356 e. The summed E-state index contributed by atoms with van der Waals surface area (Å²) in [6, 6.07) is 8.37. The lowest BCUT2D eigenvalue weighted by Crippen LogP contribution is -2.44. The van der Waals surface area contributed by atoms with Crippen LogP contribution in [0.15, 0.2) is 30.6 Å². The molecule has 150 valence electrons. The van der Waals surface area contributed by atoms with Crippen molar-refractivity contribution in [3.8, 4) is 0 Å². The summed E-state index contributed by atoms with van der Waals surface area (Å²) in [5, 5.41) is 1.18. The molecular weight excluding hydrogens is 380 g/mol. The second-order valence-electron chi connectivity index (χ2n) is 8.14. The number of hydrogen-bond acceptors (Lipinski definition) is 5. The van der Waals surface area contributed by atoms with E-state index < -0.39 is 0 Å². The first-order valence-electron chi connectivity index (χ1n) is 10.5.